The minimum atomic E-state index is -5.02. The predicted octanol–water partition coefficient (Wildman–Crippen LogP) is 2.63. The maximum absolute atomic E-state index is 14.3. The first kappa shape index (κ1) is 22.5. The number of anilines is 1. The van der Waals surface area contributed by atoms with Crippen molar-refractivity contribution in [1.29, 1.82) is 5.26 Å². The number of fused-ring (bicyclic) bond motifs is 1. The van der Waals surface area contributed by atoms with Crippen LogP contribution in [0.4, 0.5) is 19.0 Å². The summed E-state index contributed by atoms with van der Waals surface area (Å²) in [6, 6.07) is 9.35. The van der Waals surface area contributed by atoms with Gasteiger partial charge in [-0.15, -0.1) is 9.90 Å². The number of pyridine rings is 2. The third-order valence-electron chi connectivity index (χ3n) is 5.28. The van der Waals surface area contributed by atoms with Crippen LogP contribution in [0.1, 0.15) is 21.7 Å². The molecule has 0 saturated heterocycles. The predicted molar refractivity (Wildman–Crippen MR) is 120 cm³/mol. The molecule has 1 amide bonds. The highest BCUT2D eigenvalue weighted by molar-refractivity contribution is 6.07. The maximum Gasteiger partial charge on any atom is 0.434 e. The standard InChI is InChI=1S/C22H13F3N10O/c23-22(24,25)19-17(21(28)36)18(15-2-1-3-16-14(15)4-5-30-20(16)27)33-34(19)12-6-13(10-29-9-12)35-31-8-11(7-26)32-35/h1-6,8-10H,(H2,27,30)(H2,28,36). The summed E-state index contributed by atoms with van der Waals surface area (Å²) < 4.78 is 43.6. The zero-order valence-electron chi connectivity index (χ0n) is 18.0. The number of carbonyl (C=O) groups excluding carboxylic acids is 1. The summed E-state index contributed by atoms with van der Waals surface area (Å²) in [5.41, 5.74) is 9.10. The van der Waals surface area contributed by atoms with Crippen LogP contribution >= 0.6 is 0 Å². The second-order valence-corrected chi connectivity index (χ2v) is 7.48. The molecule has 0 radical (unpaired) electrons. The molecule has 36 heavy (non-hydrogen) atoms. The van der Waals surface area contributed by atoms with E-state index in [0.29, 0.717) is 15.5 Å². The van der Waals surface area contributed by atoms with E-state index in [1.54, 1.807) is 24.3 Å². The van der Waals surface area contributed by atoms with E-state index < -0.39 is 23.3 Å². The van der Waals surface area contributed by atoms with E-state index in [0.717, 1.165) is 11.0 Å². The summed E-state index contributed by atoms with van der Waals surface area (Å²) in [5, 5.41) is 21.8. The summed E-state index contributed by atoms with van der Waals surface area (Å²) >= 11 is 0. The molecule has 5 aromatic rings. The van der Waals surface area contributed by atoms with Crippen molar-refractivity contribution in [3.05, 3.63) is 72.1 Å². The lowest BCUT2D eigenvalue weighted by Crippen LogP contribution is -2.21. The molecule has 0 atom stereocenters. The molecular weight excluding hydrogens is 477 g/mol. The van der Waals surface area contributed by atoms with Crippen molar-refractivity contribution in [2.75, 3.05) is 5.73 Å². The number of rotatable bonds is 4. The van der Waals surface area contributed by atoms with Crippen LogP contribution in [0.3, 0.4) is 0 Å². The fourth-order valence-electron chi connectivity index (χ4n) is 3.80. The SMILES string of the molecule is N#Cc1cnn(-c2cncc(-n3nc(-c4cccc5c(N)nccc45)c(C(N)=O)c3C(F)(F)F)c2)n1. The number of benzene rings is 1. The number of nitrogens with two attached hydrogens (primary N) is 2. The molecule has 1 aromatic carbocycles. The van der Waals surface area contributed by atoms with Crippen molar-refractivity contribution in [2.24, 2.45) is 5.73 Å². The molecule has 0 saturated carbocycles. The quantitative estimate of drug-likeness (QED) is 0.388. The number of hydrogen-bond donors (Lipinski definition) is 2. The van der Waals surface area contributed by atoms with E-state index in [2.05, 4.69) is 25.3 Å². The van der Waals surface area contributed by atoms with Gasteiger partial charge in [-0.2, -0.15) is 28.6 Å². The Kier molecular flexibility index (Phi) is 5.10. The molecule has 0 fully saturated rings. The fourth-order valence-corrected chi connectivity index (χ4v) is 3.80. The first-order valence-electron chi connectivity index (χ1n) is 10.1. The van der Waals surface area contributed by atoms with Crippen LogP contribution in [0.2, 0.25) is 0 Å². The monoisotopic (exact) mass is 490 g/mol. The van der Waals surface area contributed by atoms with Crippen LogP contribution in [-0.2, 0) is 6.18 Å². The summed E-state index contributed by atoms with van der Waals surface area (Å²) in [6.45, 7) is 0. The normalized spacial score (nSPS) is 11.5. The van der Waals surface area contributed by atoms with E-state index in [4.69, 9.17) is 16.7 Å². The van der Waals surface area contributed by atoms with Gasteiger partial charge in [0.2, 0.25) is 0 Å². The van der Waals surface area contributed by atoms with Gasteiger partial charge < -0.3 is 11.5 Å². The average molecular weight is 490 g/mol. The molecule has 4 N–H and O–H groups in total. The molecule has 0 spiro atoms. The van der Waals surface area contributed by atoms with E-state index in [1.165, 1.54) is 30.7 Å². The Bertz CT molecular complexity index is 1700. The van der Waals surface area contributed by atoms with Gasteiger partial charge in [0.05, 0.1) is 29.8 Å². The van der Waals surface area contributed by atoms with Crippen molar-refractivity contribution in [3.8, 4) is 28.7 Å². The Morgan fingerprint density at radius 3 is 2.53 bits per heavy atom. The van der Waals surface area contributed by atoms with Crippen LogP contribution < -0.4 is 11.5 Å². The highest BCUT2D eigenvalue weighted by Gasteiger charge is 2.42. The van der Waals surface area contributed by atoms with Gasteiger partial charge in [0, 0.05) is 17.1 Å². The number of aromatic nitrogens is 7. The zero-order chi connectivity index (χ0) is 25.6. The van der Waals surface area contributed by atoms with Gasteiger partial charge in [0.25, 0.3) is 5.91 Å². The Balaban J connectivity index is 1.80. The summed E-state index contributed by atoms with van der Waals surface area (Å²) in [4.78, 5) is 21.4. The van der Waals surface area contributed by atoms with E-state index in [1.807, 2.05) is 0 Å². The van der Waals surface area contributed by atoms with Gasteiger partial charge >= 0.3 is 6.18 Å². The largest absolute Gasteiger partial charge is 0.434 e. The molecule has 0 aliphatic rings. The van der Waals surface area contributed by atoms with Gasteiger partial charge in [-0.3, -0.25) is 9.78 Å². The molecule has 0 aliphatic heterocycles. The fraction of sp³-hybridized carbons (Fsp3) is 0.0455. The molecule has 0 unspecified atom stereocenters. The molecule has 4 aromatic heterocycles. The lowest BCUT2D eigenvalue weighted by molar-refractivity contribution is -0.143. The number of amides is 1. The molecule has 0 bridgehead atoms. The van der Waals surface area contributed by atoms with Crippen LogP contribution in [-0.4, -0.2) is 40.6 Å². The zero-order valence-corrected chi connectivity index (χ0v) is 18.0. The van der Waals surface area contributed by atoms with Crippen LogP contribution in [0.25, 0.3) is 33.4 Å². The topological polar surface area (TPSA) is 167 Å². The molecule has 178 valence electrons. The molecule has 5 rings (SSSR count). The Labute approximate surface area is 199 Å². The van der Waals surface area contributed by atoms with Crippen LogP contribution in [0.15, 0.2) is 55.1 Å². The number of carbonyl (C=O) groups is 1. The highest BCUT2D eigenvalue weighted by Crippen LogP contribution is 2.40. The van der Waals surface area contributed by atoms with Crippen molar-refractivity contribution in [3.63, 3.8) is 0 Å². The molecule has 4 heterocycles. The summed E-state index contributed by atoms with van der Waals surface area (Å²) in [7, 11) is 0. The maximum atomic E-state index is 14.3. The van der Waals surface area contributed by atoms with Crippen molar-refractivity contribution < 1.29 is 18.0 Å². The van der Waals surface area contributed by atoms with E-state index in [-0.39, 0.29) is 34.1 Å². The molecule has 14 heteroatoms. The number of hydrogen-bond acceptors (Lipinski definition) is 8. The number of primary amides is 1. The van der Waals surface area contributed by atoms with Gasteiger partial charge in [-0.25, -0.2) is 9.67 Å². The molecule has 11 nitrogen and oxygen atoms in total. The minimum absolute atomic E-state index is 0.00140. The van der Waals surface area contributed by atoms with Gasteiger partial charge in [-0.1, -0.05) is 18.2 Å². The van der Waals surface area contributed by atoms with Crippen LogP contribution in [0, 0.1) is 11.3 Å². The second-order valence-electron chi connectivity index (χ2n) is 7.48. The Morgan fingerprint density at radius 1 is 1.06 bits per heavy atom. The number of alkyl halides is 3. The van der Waals surface area contributed by atoms with Gasteiger partial charge in [0.15, 0.2) is 11.4 Å². The molecular formula is C22H13F3N10O. The number of halogens is 3. The summed E-state index contributed by atoms with van der Waals surface area (Å²) in [5.74, 6) is -1.16. The summed E-state index contributed by atoms with van der Waals surface area (Å²) in [6.07, 6.45) is -0.0225. The van der Waals surface area contributed by atoms with E-state index >= 15 is 0 Å². The average Bonchev–Trinajstić information content (AvgIpc) is 3.49. The lowest BCUT2D eigenvalue weighted by Gasteiger charge is -2.12. The Morgan fingerprint density at radius 2 is 1.83 bits per heavy atom. The third-order valence-corrected chi connectivity index (χ3v) is 5.28. The van der Waals surface area contributed by atoms with Crippen molar-refractivity contribution in [2.45, 2.75) is 6.18 Å². The number of nitrogen functional groups attached to an aromatic ring is 1. The first-order valence-corrected chi connectivity index (χ1v) is 10.1. The number of nitrogens with zero attached hydrogens (tertiary/aromatic N) is 8. The molecule has 0 aliphatic carbocycles. The lowest BCUT2D eigenvalue weighted by atomic mass is 9.99. The smallest absolute Gasteiger partial charge is 0.383 e. The van der Waals surface area contributed by atoms with Gasteiger partial charge in [0.1, 0.15) is 23.3 Å². The minimum Gasteiger partial charge on any atom is -0.383 e. The number of nitriles is 1. The first-order chi connectivity index (χ1) is 17.2. The second kappa shape index (κ2) is 8.17. The van der Waals surface area contributed by atoms with Crippen molar-refractivity contribution in [1.82, 2.24) is 34.7 Å². The highest BCUT2D eigenvalue weighted by atomic mass is 19.4. The van der Waals surface area contributed by atoms with Crippen LogP contribution in [0.5, 0.6) is 0 Å². The Hall–Kier alpha value is -5.32. The third kappa shape index (κ3) is 3.64. The van der Waals surface area contributed by atoms with E-state index in [9.17, 15) is 18.0 Å². The van der Waals surface area contributed by atoms with Crippen molar-refractivity contribution >= 4 is 22.5 Å². The van der Waals surface area contributed by atoms with Gasteiger partial charge in [-0.05, 0) is 17.5 Å².